The predicted octanol–water partition coefficient (Wildman–Crippen LogP) is 0.571. The van der Waals surface area contributed by atoms with Crippen LogP contribution in [0.25, 0.3) is 0 Å². The minimum Gasteiger partial charge on any atom is -0.396 e. The second kappa shape index (κ2) is 5.24. The van der Waals surface area contributed by atoms with Crippen molar-refractivity contribution < 1.29 is 5.11 Å². The zero-order valence-corrected chi connectivity index (χ0v) is 11.7. The van der Waals surface area contributed by atoms with Gasteiger partial charge >= 0.3 is 0 Å². The highest BCUT2D eigenvalue weighted by Gasteiger charge is 2.28. The van der Waals surface area contributed by atoms with Crippen molar-refractivity contribution in [2.45, 2.75) is 19.8 Å². The van der Waals surface area contributed by atoms with Crippen LogP contribution in [0.3, 0.4) is 0 Å². The summed E-state index contributed by atoms with van der Waals surface area (Å²) in [5.74, 6) is 1.56. The first kappa shape index (κ1) is 13.3. The minimum atomic E-state index is 0.255. The lowest BCUT2D eigenvalue weighted by Crippen LogP contribution is -2.25. The molecule has 1 unspecified atom stereocenters. The molecule has 0 aromatic carbocycles. The molecule has 6 heteroatoms. The number of aryl methyl sites for hydroxylation is 2. The molecule has 0 spiro atoms. The summed E-state index contributed by atoms with van der Waals surface area (Å²) in [6.45, 7) is 4.10. The predicted molar refractivity (Wildman–Crippen MR) is 75.9 cm³/mol. The fourth-order valence-electron chi connectivity index (χ4n) is 2.74. The van der Waals surface area contributed by atoms with Crippen molar-refractivity contribution in [2.75, 3.05) is 24.6 Å². The van der Waals surface area contributed by atoms with Crippen LogP contribution in [0, 0.1) is 12.8 Å². The topological polar surface area (TPSA) is 67.3 Å². The molecule has 18 heavy (non-hydrogen) atoms. The van der Waals surface area contributed by atoms with E-state index >= 15 is 0 Å². The molecule has 0 aliphatic carbocycles. The van der Waals surface area contributed by atoms with Crippen LogP contribution in [-0.2, 0) is 7.05 Å². The Balaban J connectivity index is 2.26. The van der Waals surface area contributed by atoms with E-state index in [0.29, 0.717) is 10.9 Å². The lowest BCUT2D eigenvalue weighted by atomic mass is 10.1. The third-order valence-electron chi connectivity index (χ3n) is 3.56. The smallest absolute Gasteiger partial charge is 0.137 e. The summed E-state index contributed by atoms with van der Waals surface area (Å²) in [6.07, 6.45) is 1.96. The van der Waals surface area contributed by atoms with E-state index in [2.05, 4.69) is 10.00 Å². The van der Waals surface area contributed by atoms with Crippen LogP contribution in [0.15, 0.2) is 0 Å². The van der Waals surface area contributed by atoms with Gasteiger partial charge in [-0.3, -0.25) is 4.68 Å². The van der Waals surface area contributed by atoms with Crippen LogP contribution >= 0.6 is 12.2 Å². The molecule has 0 bridgehead atoms. The van der Waals surface area contributed by atoms with E-state index in [9.17, 15) is 0 Å². The summed E-state index contributed by atoms with van der Waals surface area (Å²) in [5.41, 5.74) is 7.57. The second-order valence-corrected chi connectivity index (χ2v) is 5.32. The molecule has 1 fully saturated rings. The SMILES string of the molecule is Cc1nn(C)c(N2CCC(CCO)C2)c1C(N)=S. The van der Waals surface area contributed by atoms with Crippen molar-refractivity contribution in [3.8, 4) is 0 Å². The van der Waals surface area contributed by atoms with Crippen molar-refractivity contribution >= 4 is 23.0 Å². The van der Waals surface area contributed by atoms with E-state index in [1.54, 1.807) is 0 Å². The van der Waals surface area contributed by atoms with Gasteiger partial charge in [0, 0.05) is 26.7 Å². The highest BCUT2D eigenvalue weighted by molar-refractivity contribution is 7.80. The molecule has 1 aromatic heterocycles. The van der Waals surface area contributed by atoms with Crippen molar-refractivity contribution in [2.24, 2.45) is 18.7 Å². The van der Waals surface area contributed by atoms with Gasteiger partial charge in [0.2, 0.25) is 0 Å². The first-order valence-electron chi connectivity index (χ1n) is 6.23. The Hall–Kier alpha value is -1.14. The summed E-state index contributed by atoms with van der Waals surface area (Å²) in [5, 5.41) is 13.4. The van der Waals surface area contributed by atoms with Gasteiger partial charge in [-0.25, -0.2) is 0 Å². The van der Waals surface area contributed by atoms with Gasteiger partial charge in [-0.1, -0.05) is 12.2 Å². The maximum Gasteiger partial charge on any atom is 0.137 e. The number of aliphatic hydroxyl groups is 1. The fourth-order valence-corrected chi connectivity index (χ4v) is 2.98. The maximum atomic E-state index is 9.01. The first-order valence-corrected chi connectivity index (χ1v) is 6.64. The van der Waals surface area contributed by atoms with E-state index in [1.807, 2.05) is 18.7 Å². The Morgan fingerprint density at radius 1 is 1.61 bits per heavy atom. The average molecular weight is 268 g/mol. The second-order valence-electron chi connectivity index (χ2n) is 4.88. The van der Waals surface area contributed by atoms with Gasteiger partial charge in [0.05, 0.1) is 11.3 Å². The molecule has 0 saturated carbocycles. The molecule has 5 nitrogen and oxygen atoms in total. The molecule has 3 N–H and O–H groups in total. The summed E-state index contributed by atoms with van der Waals surface area (Å²) in [6, 6.07) is 0. The van der Waals surface area contributed by atoms with Crippen molar-refractivity contribution in [1.82, 2.24) is 9.78 Å². The molecule has 1 aliphatic rings. The largest absolute Gasteiger partial charge is 0.396 e. The zero-order valence-electron chi connectivity index (χ0n) is 10.9. The van der Waals surface area contributed by atoms with Crippen molar-refractivity contribution in [3.05, 3.63) is 11.3 Å². The summed E-state index contributed by atoms with van der Waals surface area (Å²) in [4.78, 5) is 2.68. The summed E-state index contributed by atoms with van der Waals surface area (Å²) >= 11 is 5.12. The van der Waals surface area contributed by atoms with Crippen LogP contribution in [0.4, 0.5) is 5.82 Å². The minimum absolute atomic E-state index is 0.255. The lowest BCUT2D eigenvalue weighted by Gasteiger charge is -2.20. The monoisotopic (exact) mass is 268 g/mol. The lowest BCUT2D eigenvalue weighted by molar-refractivity contribution is 0.263. The number of anilines is 1. The Morgan fingerprint density at radius 3 is 2.94 bits per heavy atom. The van der Waals surface area contributed by atoms with E-state index in [1.165, 1.54) is 0 Å². The van der Waals surface area contributed by atoms with E-state index in [0.717, 1.165) is 43.0 Å². The van der Waals surface area contributed by atoms with E-state index in [4.69, 9.17) is 23.1 Å². The molecule has 1 aromatic rings. The molecule has 0 radical (unpaired) electrons. The molecule has 2 heterocycles. The average Bonchev–Trinajstić information content (AvgIpc) is 2.83. The van der Waals surface area contributed by atoms with Crippen molar-refractivity contribution in [1.29, 1.82) is 0 Å². The molecule has 1 atom stereocenters. The van der Waals surface area contributed by atoms with Gasteiger partial charge < -0.3 is 15.7 Å². The number of aromatic nitrogens is 2. The quantitative estimate of drug-likeness (QED) is 0.782. The van der Waals surface area contributed by atoms with Gasteiger partial charge in [0.25, 0.3) is 0 Å². The Bertz CT molecular complexity index is 457. The zero-order chi connectivity index (χ0) is 13.3. The Morgan fingerprint density at radius 2 is 2.33 bits per heavy atom. The third-order valence-corrected chi connectivity index (χ3v) is 3.77. The van der Waals surface area contributed by atoms with Gasteiger partial charge in [-0.05, 0) is 25.7 Å². The van der Waals surface area contributed by atoms with Gasteiger partial charge in [0.15, 0.2) is 0 Å². The summed E-state index contributed by atoms with van der Waals surface area (Å²) < 4.78 is 1.85. The highest BCUT2D eigenvalue weighted by Crippen LogP contribution is 2.29. The molecule has 1 saturated heterocycles. The summed E-state index contributed by atoms with van der Waals surface area (Å²) in [7, 11) is 1.92. The van der Waals surface area contributed by atoms with Gasteiger partial charge in [-0.15, -0.1) is 0 Å². The van der Waals surface area contributed by atoms with Crippen LogP contribution in [-0.4, -0.2) is 39.6 Å². The van der Waals surface area contributed by atoms with Crippen molar-refractivity contribution in [3.63, 3.8) is 0 Å². The highest BCUT2D eigenvalue weighted by atomic mass is 32.1. The van der Waals surface area contributed by atoms with E-state index in [-0.39, 0.29) is 6.61 Å². The van der Waals surface area contributed by atoms with Crippen LogP contribution in [0.5, 0.6) is 0 Å². The maximum absolute atomic E-state index is 9.01. The molecular formula is C12H20N4OS. The third kappa shape index (κ3) is 2.35. The Labute approximate surface area is 113 Å². The standard InChI is InChI=1S/C12H20N4OS/c1-8-10(11(13)18)12(15(2)14-8)16-5-3-9(7-16)4-6-17/h9,17H,3-7H2,1-2H3,(H2,13,18). The van der Waals surface area contributed by atoms with Crippen LogP contribution < -0.4 is 10.6 Å². The van der Waals surface area contributed by atoms with E-state index < -0.39 is 0 Å². The number of hydrogen-bond donors (Lipinski definition) is 2. The molecule has 100 valence electrons. The number of thiocarbonyl (C=S) groups is 1. The molecule has 0 amide bonds. The van der Waals surface area contributed by atoms with Crippen LogP contribution in [0.2, 0.25) is 0 Å². The molecular weight excluding hydrogens is 248 g/mol. The van der Waals surface area contributed by atoms with Gasteiger partial charge in [0.1, 0.15) is 10.8 Å². The molecule has 2 rings (SSSR count). The molecule has 1 aliphatic heterocycles. The number of hydrogen-bond acceptors (Lipinski definition) is 4. The fraction of sp³-hybridized carbons (Fsp3) is 0.667. The van der Waals surface area contributed by atoms with Crippen LogP contribution in [0.1, 0.15) is 24.1 Å². The number of nitrogens with two attached hydrogens (primary N) is 1. The Kier molecular flexibility index (Phi) is 3.87. The number of nitrogens with zero attached hydrogens (tertiary/aromatic N) is 3. The number of aliphatic hydroxyl groups excluding tert-OH is 1. The van der Waals surface area contributed by atoms with Gasteiger partial charge in [-0.2, -0.15) is 5.10 Å². The normalized spacial score (nSPS) is 19.5. The first-order chi connectivity index (χ1) is 8.54. The number of rotatable bonds is 4.